The molecule has 0 saturated carbocycles. The van der Waals surface area contributed by atoms with Gasteiger partial charge >= 0.3 is 5.97 Å². The maximum atomic E-state index is 13.3. The molecular weight excluding hydrogens is 470 g/mol. The van der Waals surface area contributed by atoms with Gasteiger partial charge in [-0.05, 0) is 83.0 Å². The number of nitrogens with one attached hydrogen (secondary N) is 1. The lowest BCUT2D eigenvalue weighted by atomic mass is 9.80. The molecule has 6 heteroatoms. The monoisotopic (exact) mass is 507 g/mol. The van der Waals surface area contributed by atoms with E-state index in [-0.39, 0.29) is 28.6 Å². The van der Waals surface area contributed by atoms with Gasteiger partial charge < -0.3 is 19.9 Å². The summed E-state index contributed by atoms with van der Waals surface area (Å²) in [4.78, 5) is 17.7. The van der Waals surface area contributed by atoms with Gasteiger partial charge in [0.1, 0.15) is 16.3 Å². The SMILES string of the molecule is Cc1cc(SC2=C(O)CC(CCc3ccc4[nH]ccc4c3)(C(C)C)OC2=O)c(C(C)(C)C)cc1CO. The summed E-state index contributed by atoms with van der Waals surface area (Å²) in [6.07, 6.45) is 3.60. The van der Waals surface area contributed by atoms with E-state index < -0.39 is 11.6 Å². The third kappa shape index (κ3) is 5.21. The Labute approximate surface area is 218 Å². The van der Waals surface area contributed by atoms with E-state index in [9.17, 15) is 15.0 Å². The zero-order valence-corrected chi connectivity index (χ0v) is 22.9. The molecule has 36 heavy (non-hydrogen) atoms. The number of rotatable bonds is 7. The largest absolute Gasteiger partial charge is 0.511 e. The fraction of sp³-hybridized carbons (Fsp3) is 0.433. The van der Waals surface area contributed by atoms with Crippen LogP contribution in [0.2, 0.25) is 0 Å². The molecule has 1 aliphatic rings. The van der Waals surface area contributed by atoms with Crippen LogP contribution in [0.4, 0.5) is 0 Å². The van der Waals surface area contributed by atoms with Gasteiger partial charge in [-0.3, -0.25) is 0 Å². The normalized spacial score (nSPS) is 18.8. The Morgan fingerprint density at radius 2 is 1.92 bits per heavy atom. The van der Waals surface area contributed by atoms with E-state index in [0.717, 1.165) is 38.9 Å². The van der Waals surface area contributed by atoms with Crippen molar-refractivity contribution >= 4 is 28.6 Å². The van der Waals surface area contributed by atoms with Gasteiger partial charge in [0.25, 0.3) is 0 Å². The molecule has 2 heterocycles. The number of benzene rings is 2. The maximum Gasteiger partial charge on any atom is 0.349 e. The lowest BCUT2D eigenvalue weighted by molar-refractivity contribution is -0.164. The first-order valence-corrected chi connectivity index (χ1v) is 13.4. The predicted molar refractivity (Wildman–Crippen MR) is 146 cm³/mol. The number of aryl methyl sites for hydroxylation is 2. The van der Waals surface area contributed by atoms with Crippen molar-refractivity contribution in [3.05, 3.63) is 75.5 Å². The average Bonchev–Trinajstić information content (AvgIpc) is 3.27. The minimum absolute atomic E-state index is 0.0379. The van der Waals surface area contributed by atoms with Gasteiger partial charge in [-0.1, -0.05) is 58.5 Å². The third-order valence-electron chi connectivity index (χ3n) is 7.35. The fourth-order valence-corrected chi connectivity index (χ4v) is 6.14. The van der Waals surface area contributed by atoms with E-state index in [4.69, 9.17) is 4.74 Å². The summed E-state index contributed by atoms with van der Waals surface area (Å²) >= 11 is 1.27. The molecule has 0 saturated heterocycles. The van der Waals surface area contributed by atoms with Crippen LogP contribution in [0.3, 0.4) is 0 Å². The highest BCUT2D eigenvalue weighted by molar-refractivity contribution is 8.04. The standard InChI is InChI=1S/C30H37NO4S/c1-18(2)30(11-9-20-7-8-24-21(14-20)10-12-31-24)16-25(33)27(28(34)35-30)36-26-13-19(3)22(17-32)15-23(26)29(4,5)6/h7-8,10,12-15,18,31-33H,9,11,16-17H2,1-6H3. The number of cyclic esters (lactones) is 1. The lowest BCUT2D eigenvalue weighted by Crippen LogP contribution is -2.44. The molecule has 1 aromatic heterocycles. The van der Waals surface area contributed by atoms with Crippen molar-refractivity contribution < 1.29 is 19.7 Å². The number of carbonyl (C=O) groups excluding carboxylic acids is 1. The minimum Gasteiger partial charge on any atom is -0.511 e. The molecule has 1 atom stereocenters. The van der Waals surface area contributed by atoms with Crippen molar-refractivity contribution in [2.75, 3.05) is 0 Å². The Hall–Kier alpha value is -2.70. The second kappa shape index (κ2) is 9.98. The van der Waals surface area contributed by atoms with Crippen LogP contribution in [0.5, 0.6) is 0 Å². The molecular formula is C30H37NO4S. The average molecular weight is 508 g/mol. The van der Waals surface area contributed by atoms with Crippen molar-refractivity contribution in [1.82, 2.24) is 4.98 Å². The van der Waals surface area contributed by atoms with E-state index in [1.54, 1.807) is 0 Å². The van der Waals surface area contributed by atoms with Crippen molar-refractivity contribution in [1.29, 1.82) is 0 Å². The second-order valence-electron chi connectivity index (χ2n) is 11.2. The minimum atomic E-state index is -0.762. The van der Waals surface area contributed by atoms with Crippen LogP contribution in [0.25, 0.3) is 10.9 Å². The zero-order valence-electron chi connectivity index (χ0n) is 22.1. The van der Waals surface area contributed by atoms with E-state index in [2.05, 4.69) is 50.0 Å². The Morgan fingerprint density at radius 3 is 2.56 bits per heavy atom. The summed E-state index contributed by atoms with van der Waals surface area (Å²) in [5, 5.41) is 22.1. The number of aliphatic hydroxyl groups is 2. The smallest absolute Gasteiger partial charge is 0.349 e. The van der Waals surface area contributed by atoms with Gasteiger partial charge in [0, 0.05) is 23.0 Å². The third-order valence-corrected chi connectivity index (χ3v) is 8.51. The Bertz CT molecular complexity index is 1310. The van der Waals surface area contributed by atoms with Gasteiger partial charge in [0.2, 0.25) is 0 Å². The molecule has 0 radical (unpaired) electrons. The number of fused-ring (bicyclic) bond motifs is 1. The van der Waals surface area contributed by atoms with Gasteiger partial charge in [0.15, 0.2) is 0 Å². The van der Waals surface area contributed by atoms with Crippen molar-refractivity contribution in [2.45, 2.75) is 83.3 Å². The number of esters is 1. The van der Waals surface area contributed by atoms with Crippen molar-refractivity contribution in [3.8, 4) is 0 Å². The molecule has 0 fully saturated rings. The highest BCUT2D eigenvalue weighted by Gasteiger charge is 2.44. The van der Waals surface area contributed by atoms with Gasteiger partial charge in [0.05, 0.1) is 6.61 Å². The molecule has 192 valence electrons. The topological polar surface area (TPSA) is 82.5 Å². The quantitative estimate of drug-likeness (QED) is 0.297. The fourth-order valence-electron chi connectivity index (χ4n) is 4.89. The van der Waals surface area contributed by atoms with Gasteiger partial charge in [-0.2, -0.15) is 0 Å². The predicted octanol–water partition coefficient (Wildman–Crippen LogP) is 7.10. The summed E-state index contributed by atoms with van der Waals surface area (Å²) in [7, 11) is 0. The van der Waals surface area contributed by atoms with E-state index in [1.807, 2.05) is 39.1 Å². The number of thioether (sulfide) groups is 1. The first-order valence-electron chi connectivity index (χ1n) is 12.6. The number of aromatic nitrogens is 1. The van der Waals surface area contributed by atoms with Crippen molar-refractivity contribution in [3.63, 3.8) is 0 Å². The van der Waals surface area contributed by atoms with Crippen LogP contribution in [-0.2, 0) is 28.0 Å². The number of aliphatic hydroxyl groups excluding tert-OH is 2. The van der Waals surface area contributed by atoms with Gasteiger partial charge in [-0.15, -0.1) is 0 Å². The molecule has 2 aromatic carbocycles. The maximum absolute atomic E-state index is 13.3. The van der Waals surface area contributed by atoms with Crippen LogP contribution in [0, 0.1) is 12.8 Å². The van der Waals surface area contributed by atoms with Crippen LogP contribution < -0.4 is 0 Å². The zero-order chi connectivity index (χ0) is 26.3. The highest BCUT2D eigenvalue weighted by Crippen LogP contribution is 2.45. The molecule has 0 spiro atoms. The number of hydrogen-bond donors (Lipinski definition) is 3. The van der Waals surface area contributed by atoms with E-state index in [0.29, 0.717) is 12.8 Å². The van der Waals surface area contributed by atoms with Crippen LogP contribution >= 0.6 is 11.8 Å². The number of hydrogen-bond acceptors (Lipinski definition) is 5. The number of H-pyrrole nitrogens is 1. The first-order chi connectivity index (χ1) is 16.9. The molecule has 3 aromatic rings. The molecule has 0 amide bonds. The molecule has 1 aliphatic heterocycles. The second-order valence-corrected chi connectivity index (χ2v) is 12.3. The van der Waals surface area contributed by atoms with Gasteiger partial charge in [-0.25, -0.2) is 4.79 Å². The number of carbonyl (C=O) groups is 1. The molecule has 1 unspecified atom stereocenters. The summed E-state index contributed by atoms with van der Waals surface area (Å²) in [6.45, 7) is 12.3. The molecule has 0 bridgehead atoms. The van der Waals surface area contributed by atoms with E-state index in [1.165, 1.54) is 17.3 Å². The summed E-state index contributed by atoms with van der Waals surface area (Å²) < 4.78 is 6.16. The van der Waals surface area contributed by atoms with Crippen molar-refractivity contribution in [2.24, 2.45) is 5.92 Å². The molecule has 0 aliphatic carbocycles. The Morgan fingerprint density at radius 1 is 1.17 bits per heavy atom. The summed E-state index contributed by atoms with van der Waals surface area (Å²) in [5.74, 6) is -0.334. The number of ether oxygens (including phenoxy) is 1. The van der Waals surface area contributed by atoms with Crippen LogP contribution in [-0.4, -0.2) is 26.8 Å². The Balaban J connectivity index is 1.61. The van der Waals surface area contributed by atoms with E-state index >= 15 is 0 Å². The molecule has 5 nitrogen and oxygen atoms in total. The summed E-state index contributed by atoms with van der Waals surface area (Å²) in [5.41, 5.74) is 4.16. The molecule has 4 rings (SSSR count). The molecule has 3 N–H and O–H groups in total. The first kappa shape index (κ1) is 26.4. The number of aromatic amines is 1. The van der Waals surface area contributed by atoms with Crippen LogP contribution in [0.1, 0.15) is 69.7 Å². The summed E-state index contributed by atoms with van der Waals surface area (Å²) in [6, 6.07) is 12.4. The lowest BCUT2D eigenvalue weighted by Gasteiger charge is -2.40. The van der Waals surface area contributed by atoms with Crippen LogP contribution in [0.15, 0.2) is 58.2 Å². The Kier molecular flexibility index (Phi) is 7.31. The highest BCUT2D eigenvalue weighted by atomic mass is 32.2.